The van der Waals surface area contributed by atoms with Crippen LogP contribution < -0.4 is 5.73 Å². The van der Waals surface area contributed by atoms with E-state index in [9.17, 15) is 4.79 Å². The van der Waals surface area contributed by atoms with Gasteiger partial charge in [-0.25, -0.2) is 0 Å². The van der Waals surface area contributed by atoms with E-state index < -0.39 is 0 Å². The number of nitrogens with two attached hydrogens (primary N) is 1. The summed E-state index contributed by atoms with van der Waals surface area (Å²) >= 11 is 0. The molecule has 0 aromatic rings. The minimum Gasteiger partial charge on any atom is -0.342 e. The molecule has 0 radical (unpaired) electrons. The Morgan fingerprint density at radius 3 is 2.47 bits per heavy atom. The van der Waals surface area contributed by atoms with Crippen LogP contribution in [-0.2, 0) is 4.79 Å². The Kier molecular flexibility index (Phi) is 5.22. The van der Waals surface area contributed by atoms with Gasteiger partial charge in [-0.05, 0) is 58.3 Å². The van der Waals surface area contributed by atoms with Crippen molar-refractivity contribution in [3.8, 4) is 0 Å². The lowest BCUT2D eigenvalue weighted by molar-refractivity contribution is -0.140. The molecule has 0 aromatic heterocycles. The number of piperidine rings is 1. The SMILES string of the molecule is CN1CCC(N(C)C(=O)C2CCCCC2CN)CC1. The molecule has 1 aliphatic heterocycles. The number of hydrogen-bond acceptors (Lipinski definition) is 3. The highest BCUT2D eigenvalue weighted by molar-refractivity contribution is 5.79. The molecule has 2 fully saturated rings. The third kappa shape index (κ3) is 3.48. The average Bonchev–Trinajstić information content (AvgIpc) is 2.46. The van der Waals surface area contributed by atoms with E-state index in [1.54, 1.807) is 0 Å². The lowest BCUT2D eigenvalue weighted by Crippen LogP contribution is -2.48. The maximum Gasteiger partial charge on any atom is 0.226 e. The highest BCUT2D eigenvalue weighted by Crippen LogP contribution is 2.31. The standard InChI is InChI=1S/C15H29N3O/c1-17-9-7-13(8-10-17)18(2)15(19)14-6-4-3-5-12(14)11-16/h12-14H,3-11,16H2,1-2H3. The predicted octanol–water partition coefficient (Wildman–Crippen LogP) is 1.30. The van der Waals surface area contributed by atoms with E-state index in [2.05, 4.69) is 11.9 Å². The van der Waals surface area contributed by atoms with Crippen molar-refractivity contribution in [2.24, 2.45) is 17.6 Å². The second-order valence-electron chi connectivity index (χ2n) is 6.37. The molecule has 19 heavy (non-hydrogen) atoms. The second-order valence-corrected chi connectivity index (χ2v) is 6.37. The quantitative estimate of drug-likeness (QED) is 0.838. The van der Waals surface area contributed by atoms with Crippen LogP contribution in [0.5, 0.6) is 0 Å². The van der Waals surface area contributed by atoms with E-state index in [0.29, 0.717) is 24.4 Å². The van der Waals surface area contributed by atoms with Crippen LogP contribution in [0.15, 0.2) is 0 Å². The van der Waals surface area contributed by atoms with Gasteiger partial charge in [-0.2, -0.15) is 0 Å². The van der Waals surface area contributed by atoms with E-state index in [-0.39, 0.29) is 5.92 Å². The molecule has 0 bridgehead atoms. The molecule has 1 saturated heterocycles. The topological polar surface area (TPSA) is 49.6 Å². The van der Waals surface area contributed by atoms with Crippen LogP contribution in [0.25, 0.3) is 0 Å². The lowest BCUT2D eigenvalue weighted by Gasteiger charge is -2.39. The summed E-state index contributed by atoms with van der Waals surface area (Å²) in [7, 11) is 4.16. The van der Waals surface area contributed by atoms with E-state index >= 15 is 0 Å². The van der Waals surface area contributed by atoms with Crippen molar-refractivity contribution in [2.45, 2.75) is 44.6 Å². The van der Waals surface area contributed by atoms with Crippen molar-refractivity contribution in [2.75, 3.05) is 33.7 Å². The van der Waals surface area contributed by atoms with Gasteiger partial charge in [-0.3, -0.25) is 4.79 Å². The first-order valence-corrected chi connectivity index (χ1v) is 7.78. The summed E-state index contributed by atoms with van der Waals surface area (Å²) in [6, 6.07) is 0.434. The predicted molar refractivity (Wildman–Crippen MR) is 77.8 cm³/mol. The molecule has 1 aliphatic carbocycles. The van der Waals surface area contributed by atoms with Crippen LogP contribution in [0.4, 0.5) is 0 Å². The summed E-state index contributed by atoms with van der Waals surface area (Å²) in [5.74, 6) is 0.947. The zero-order valence-corrected chi connectivity index (χ0v) is 12.5. The summed E-state index contributed by atoms with van der Waals surface area (Å²) in [6.45, 7) is 2.87. The number of rotatable bonds is 3. The molecular weight excluding hydrogens is 238 g/mol. The number of likely N-dealkylation sites (tertiary alicyclic amines) is 1. The highest BCUT2D eigenvalue weighted by atomic mass is 16.2. The molecule has 2 rings (SSSR count). The summed E-state index contributed by atoms with van der Waals surface area (Å²) in [5.41, 5.74) is 5.85. The molecule has 1 amide bonds. The van der Waals surface area contributed by atoms with Gasteiger partial charge in [0.25, 0.3) is 0 Å². The Morgan fingerprint density at radius 2 is 1.84 bits per heavy atom. The molecule has 1 saturated carbocycles. The van der Waals surface area contributed by atoms with Gasteiger partial charge in [0, 0.05) is 19.0 Å². The molecule has 4 heteroatoms. The van der Waals surface area contributed by atoms with Crippen LogP contribution >= 0.6 is 0 Å². The largest absolute Gasteiger partial charge is 0.342 e. The van der Waals surface area contributed by atoms with Crippen molar-refractivity contribution >= 4 is 5.91 Å². The number of carbonyl (C=O) groups is 1. The van der Waals surface area contributed by atoms with E-state index in [0.717, 1.165) is 38.8 Å². The minimum atomic E-state index is 0.184. The lowest BCUT2D eigenvalue weighted by atomic mass is 9.78. The normalized spacial score (nSPS) is 30.3. The zero-order chi connectivity index (χ0) is 13.8. The molecular formula is C15H29N3O. The Hall–Kier alpha value is -0.610. The van der Waals surface area contributed by atoms with Crippen molar-refractivity contribution in [1.29, 1.82) is 0 Å². The monoisotopic (exact) mass is 267 g/mol. The van der Waals surface area contributed by atoms with E-state index in [4.69, 9.17) is 5.73 Å². The van der Waals surface area contributed by atoms with Gasteiger partial charge in [0.05, 0.1) is 0 Å². The number of amides is 1. The van der Waals surface area contributed by atoms with Gasteiger partial charge < -0.3 is 15.5 Å². The van der Waals surface area contributed by atoms with Gasteiger partial charge in [0.15, 0.2) is 0 Å². The molecule has 2 aliphatic rings. The Balaban J connectivity index is 1.93. The smallest absolute Gasteiger partial charge is 0.226 e. The van der Waals surface area contributed by atoms with Crippen molar-refractivity contribution < 1.29 is 4.79 Å². The van der Waals surface area contributed by atoms with Crippen LogP contribution in [-0.4, -0.2) is 55.5 Å². The molecule has 1 heterocycles. The van der Waals surface area contributed by atoms with Gasteiger partial charge in [-0.1, -0.05) is 12.8 Å². The van der Waals surface area contributed by atoms with Crippen LogP contribution in [0, 0.1) is 11.8 Å². The maximum absolute atomic E-state index is 12.7. The van der Waals surface area contributed by atoms with Crippen molar-refractivity contribution in [1.82, 2.24) is 9.80 Å². The molecule has 2 atom stereocenters. The molecule has 0 aromatic carbocycles. The molecule has 2 N–H and O–H groups in total. The highest BCUT2D eigenvalue weighted by Gasteiger charge is 2.34. The maximum atomic E-state index is 12.7. The number of hydrogen-bond donors (Lipinski definition) is 1. The fourth-order valence-corrected chi connectivity index (χ4v) is 3.64. The summed E-state index contributed by atoms with van der Waals surface area (Å²) < 4.78 is 0. The van der Waals surface area contributed by atoms with Crippen molar-refractivity contribution in [3.05, 3.63) is 0 Å². The molecule has 4 nitrogen and oxygen atoms in total. The minimum absolute atomic E-state index is 0.184. The Labute approximate surface area is 117 Å². The third-order valence-corrected chi connectivity index (χ3v) is 5.11. The van der Waals surface area contributed by atoms with Gasteiger partial charge in [-0.15, -0.1) is 0 Å². The molecule has 0 spiro atoms. The summed E-state index contributed by atoms with van der Waals surface area (Å²) in [5, 5.41) is 0. The fraction of sp³-hybridized carbons (Fsp3) is 0.933. The number of nitrogens with zero attached hydrogens (tertiary/aromatic N) is 2. The van der Waals surface area contributed by atoms with Crippen molar-refractivity contribution in [3.63, 3.8) is 0 Å². The van der Waals surface area contributed by atoms with Gasteiger partial charge in [0.2, 0.25) is 5.91 Å². The average molecular weight is 267 g/mol. The van der Waals surface area contributed by atoms with E-state index in [1.807, 2.05) is 11.9 Å². The first-order valence-electron chi connectivity index (χ1n) is 7.78. The van der Waals surface area contributed by atoms with Gasteiger partial charge >= 0.3 is 0 Å². The van der Waals surface area contributed by atoms with E-state index in [1.165, 1.54) is 12.8 Å². The van der Waals surface area contributed by atoms with Crippen LogP contribution in [0.3, 0.4) is 0 Å². The third-order valence-electron chi connectivity index (χ3n) is 5.11. The Morgan fingerprint density at radius 1 is 1.21 bits per heavy atom. The van der Waals surface area contributed by atoms with Gasteiger partial charge in [0.1, 0.15) is 0 Å². The Bertz CT molecular complexity index is 300. The summed E-state index contributed by atoms with van der Waals surface area (Å²) in [6.07, 6.45) is 6.82. The zero-order valence-electron chi connectivity index (χ0n) is 12.5. The summed E-state index contributed by atoms with van der Waals surface area (Å²) in [4.78, 5) is 17.1. The molecule has 110 valence electrons. The fourth-order valence-electron chi connectivity index (χ4n) is 3.64. The van der Waals surface area contributed by atoms with Crippen LogP contribution in [0.2, 0.25) is 0 Å². The van der Waals surface area contributed by atoms with Crippen LogP contribution in [0.1, 0.15) is 38.5 Å². The number of carbonyl (C=O) groups excluding carboxylic acids is 1. The first-order chi connectivity index (χ1) is 9.13. The molecule has 2 unspecified atom stereocenters. The first kappa shape index (κ1) is 14.8. The second kappa shape index (κ2) is 6.71.